The second kappa shape index (κ2) is 6.14. The number of nitrogens with zero attached hydrogens (tertiary/aromatic N) is 1. The van der Waals surface area contributed by atoms with Crippen LogP contribution in [0, 0.1) is 11.3 Å². The summed E-state index contributed by atoms with van der Waals surface area (Å²) in [5, 5.41) is 9.54. The summed E-state index contributed by atoms with van der Waals surface area (Å²) in [6.07, 6.45) is 3.44. The maximum atomic E-state index is 9.54. The first kappa shape index (κ1) is 13.3. The molecule has 2 fully saturated rings. The minimum Gasteiger partial charge on any atom is -0.396 e. The van der Waals surface area contributed by atoms with Crippen LogP contribution in [-0.4, -0.2) is 63.2 Å². The van der Waals surface area contributed by atoms with Crippen LogP contribution in [0.1, 0.15) is 19.3 Å². The van der Waals surface area contributed by atoms with E-state index in [1.165, 1.54) is 12.8 Å². The quantitative estimate of drug-likeness (QED) is 0.773. The number of hydrogen-bond donors (Lipinski definition) is 1. The Hall–Kier alpha value is -0.160. The summed E-state index contributed by atoms with van der Waals surface area (Å²) >= 11 is 0. The molecule has 4 heteroatoms. The Kier molecular flexibility index (Phi) is 4.79. The second-order valence-corrected chi connectivity index (χ2v) is 5.74. The van der Waals surface area contributed by atoms with Crippen molar-refractivity contribution in [3.8, 4) is 0 Å². The topological polar surface area (TPSA) is 41.9 Å². The molecule has 2 atom stereocenters. The van der Waals surface area contributed by atoms with Gasteiger partial charge in [-0.1, -0.05) is 0 Å². The SMILES string of the molecule is CN(CC1CCCOC1)CC1(CO)CCOC1. The Bertz CT molecular complexity index is 223. The van der Waals surface area contributed by atoms with Crippen molar-refractivity contribution in [2.24, 2.45) is 11.3 Å². The van der Waals surface area contributed by atoms with Gasteiger partial charge >= 0.3 is 0 Å². The maximum absolute atomic E-state index is 9.54. The highest BCUT2D eigenvalue weighted by Crippen LogP contribution is 2.29. The standard InChI is InChI=1S/C13H25NO3/c1-14(7-12-3-2-5-16-8-12)9-13(10-15)4-6-17-11-13/h12,15H,2-11H2,1H3. The van der Waals surface area contributed by atoms with Crippen molar-refractivity contribution in [1.82, 2.24) is 4.90 Å². The lowest BCUT2D eigenvalue weighted by Crippen LogP contribution is -2.41. The predicted octanol–water partition coefficient (Wildman–Crippen LogP) is 0.744. The molecule has 4 nitrogen and oxygen atoms in total. The van der Waals surface area contributed by atoms with Gasteiger partial charge in [0.2, 0.25) is 0 Å². The molecule has 0 spiro atoms. The van der Waals surface area contributed by atoms with Crippen LogP contribution >= 0.6 is 0 Å². The molecule has 17 heavy (non-hydrogen) atoms. The molecule has 2 aliphatic heterocycles. The van der Waals surface area contributed by atoms with Crippen LogP contribution in [0.4, 0.5) is 0 Å². The summed E-state index contributed by atoms with van der Waals surface area (Å²) in [5.41, 5.74) is -0.0235. The van der Waals surface area contributed by atoms with Crippen molar-refractivity contribution in [3.63, 3.8) is 0 Å². The first-order valence-corrected chi connectivity index (χ1v) is 6.69. The normalized spacial score (nSPS) is 34.4. The van der Waals surface area contributed by atoms with Crippen LogP contribution in [0.5, 0.6) is 0 Å². The molecule has 0 aliphatic carbocycles. The first-order valence-electron chi connectivity index (χ1n) is 6.69. The van der Waals surface area contributed by atoms with Gasteiger partial charge in [0.25, 0.3) is 0 Å². The minimum atomic E-state index is -0.0235. The van der Waals surface area contributed by atoms with Crippen molar-refractivity contribution < 1.29 is 14.6 Å². The summed E-state index contributed by atoms with van der Waals surface area (Å²) in [6.45, 7) is 5.55. The summed E-state index contributed by atoms with van der Waals surface area (Å²) in [5.74, 6) is 0.659. The molecule has 0 aromatic heterocycles. The van der Waals surface area contributed by atoms with Gasteiger partial charge in [-0.3, -0.25) is 0 Å². The van der Waals surface area contributed by atoms with E-state index >= 15 is 0 Å². The highest BCUT2D eigenvalue weighted by molar-refractivity contribution is 4.85. The number of hydrogen-bond acceptors (Lipinski definition) is 4. The summed E-state index contributed by atoms with van der Waals surface area (Å²) in [6, 6.07) is 0. The number of rotatable bonds is 5. The Labute approximate surface area is 104 Å². The van der Waals surface area contributed by atoms with E-state index in [0.29, 0.717) is 12.5 Å². The van der Waals surface area contributed by atoms with Crippen LogP contribution in [0.15, 0.2) is 0 Å². The molecular formula is C13H25NO3. The fraction of sp³-hybridized carbons (Fsp3) is 1.00. The van der Waals surface area contributed by atoms with Gasteiger partial charge in [0.15, 0.2) is 0 Å². The molecule has 1 N–H and O–H groups in total. The Balaban J connectivity index is 1.77. The largest absolute Gasteiger partial charge is 0.396 e. The van der Waals surface area contributed by atoms with Crippen molar-refractivity contribution >= 4 is 0 Å². The third-order valence-corrected chi connectivity index (χ3v) is 3.95. The molecule has 0 radical (unpaired) electrons. The number of aliphatic hydroxyl groups excluding tert-OH is 1. The summed E-state index contributed by atoms with van der Waals surface area (Å²) < 4.78 is 10.9. The lowest BCUT2D eigenvalue weighted by molar-refractivity contribution is 0.0242. The lowest BCUT2D eigenvalue weighted by Gasteiger charge is -2.33. The van der Waals surface area contributed by atoms with Crippen molar-refractivity contribution in [1.29, 1.82) is 0 Å². The van der Waals surface area contributed by atoms with Gasteiger partial charge in [-0.2, -0.15) is 0 Å². The van der Waals surface area contributed by atoms with Gasteiger partial charge in [0.1, 0.15) is 0 Å². The van der Waals surface area contributed by atoms with Gasteiger partial charge in [0, 0.05) is 31.7 Å². The van der Waals surface area contributed by atoms with Gasteiger partial charge in [-0.05, 0) is 32.2 Å². The maximum Gasteiger partial charge on any atom is 0.0557 e. The average Bonchev–Trinajstić information content (AvgIpc) is 2.79. The fourth-order valence-electron chi connectivity index (χ4n) is 2.98. The van der Waals surface area contributed by atoms with E-state index in [9.17, 15) is 5.11 Å². The third-order valence-electron chi connectivity index (χ3n) is 3.95. The van der Waals surface area contributed by atoms with Gasteiger partial charge in [-0.15, -0.1) is 0 Å². The molecule has 0 bridgehead atoms. The van der Waals surface area contributed by atoms with Crippen LogP contribution < -0.4 is 0 Å². The average molecular weight is 243 g/mol. The van der Waals surface area contributed by atoms with E-state index in [-0.39, 0.29) is 12.0 Å². The number of aliphatic hydroxyl groups is 1. The molecule has 2 aliphatic rings. The summed E-state index contributed by atoms with van der Waals surface area (Å²) in [4.78, 5) is 2.34. The Morgan fingerprint density at radius 3 is 2.82 bits per heavy atom. The third kappa shape index (κ3) is 3.65. The van der Waals surface area contributed by atoms with E-state index < -0.39 is 0 Å². The van der Waals surface area contributed by atoms with Crippen LogP contribution in [0.3, 0.4) is 0 Å². The zero-order valence-corrected chi connectivity index (χ0v) is 10.9. The molecule has 2 saturated heterocycles. The van der Waals surface area contributed by atoms with Gasteiger partial charge in [0.05, 0.1) is 19.8 Å². The second-order valence-electron chi connectivity index (χ2n) is 5.74. The smallest absolute Gasteiger partial charge is 0.0557 e. The fourth-order valence-corrected chi connectivity index (χ4v) is 2.98. The van der Waals surface area contributed by atoms with Crippen LogP contribution in [0.25, 0.3) is 0 Å². The molecule has 2 unspecified atom stereocenters. The van der Waals surface area contributed by atoms with Crippen LogP contribution in [-0.2, 0) is 9.47 Å². The predicted molar refractivity (Wildman–Crippen MR) is 66.0 cm³/mol. The zero-order chi connectivity index (χ0) is 12.1. The summed E-state index contributed by atoms with van der Waals surface area (Å²) in [7, 11) is 2.14. The van der Waals surface area contributed by atoms with E-state index in [2.05, 4.69) is 11.9 Å². The van der Waals surface area contributed by atoms with E-state index in [0.717, 1.165) is 39.3 Å². The van der Waals surface area contributed by atoms with Gasteiger partial charge < -0.3 is 19.5 Å². The number of ether oxygens (including phenoxy) is 2. The molecule has 0 amide bonds. The Morgan fingerprint density at radius 1 is 1.35 bits per heavy atom. The first-order chi connectivity index (χ1) is 8.24. The lowest BCUT2D eigenvalue weighted by atomic mass is 9.87. The van der Waals surface area contributed by atoms with Gasteiger partial charge in [-0.25, -0.2) is 0 Å². The van der Waals surface area contributed by atoms with E-state index in [4.69, 9.17) is 9.47 Å². The van der Waals surface area contributed by atoms with Crippen molar-refractivity contribution in [3.05, 3.63) is 0 Å². The minimum absolute atomic E-state index is 0.0235. The monoisotopic (exact) mass is 243 g/mol. The molecule has 100 valence electrons. The van der Waals surface area contributed by atoms with E-state index in [1.54, 1.807) is 0 Å². The highest BCUT2D eigenvalue weighted by Gasteiger charge is 2.35. The molecule has 0 aromatic carbocycles. The molecule has 0 saturated carbocycles. The molecule has 2 rings (SSSR count). The molecular weight excluding hydrogens is 218 g/mol. The highest BCUT2D eigenvalue weighted by atomic mass is 16.5. The van der Waals surface area contributed by atoms with E-state index in [1.807, 2.05) is 0 Å². The zero-order valence-electron chi connectivity index (χ0n) is 10.9. The molecule has 0 aromatic rings. The van der Waals surface area contributed by atoms with Crippen molar-refractivity contribution in [2.75, 3.05) is 53.2 Å². The van der Waals surface area contributed by atoms with Crippen LogP contribution in [0.2, 0.25) is 0 Å². The molecule has 2 heterocycles. The Morgan fingerprint density at radius 2 is 2.24 bits per heavy atom. The van der Waals surface area contributed by atoms with Crippen molar-refractivity contribution in [2.45, 2.75) is 19.3 Å².